The van der Waals surface area contributed by atoms with E-state index >= 15 is 0 Å². The van der Waals surface area contributed by atoms with E-state index in [4.69, 9.17) is 9.73 Å². The van der Waals surface area contributed by atoms with Crippen LogP contribution in [0.4, 0.5) is 5.69 Å². The molecule has 1 aliphatic heterocycles. The number of unbranched alkanes of at least 4 members (excludes halogenated alkanes) is 1. The van der Waals surface area contributed by atoms with Crippen LogP contribution in [0.5, 0.6) is 5.75 Å². The largest absolute Gasteiger partial charge is 0.497 e. The predicted octanol–water partition coefficient (Wildman–Crippen LogP) is 3.52. The van der Waals surface area contributed by atoms with E-state index in [1.54, 1.807) is 7.11 Å². The van der Waals surface area contributed by atoms with Crippen molar-refractivity contribution in [3.05, 3.63) is 24.3 Å². The Morgan fingerprint density at radius 3 is 2.43 bits per heavy atom. The highest BCUT2D eigenvalue weighted by Crippen LogP contribution is 2.20. The van der Waals surface area contributed by atoms with E-state index in [0.29, 0.717) is 0 Å². The first-order chi connectivity index (χ1) is 14.3. The van der Waals surface area contributed by atoms with E-state index in [2.05, 4.69) is 45.7 Å². The quantitative estimate of drug-likeness (QED) is 0.180. The number of hydrogen-bond acceptors (Lipinski definition) is 5. The molecule has 1 fully saturated rings. The fourth-order valence-corrected chi connectivity index (χ4v) is 3.92. The Morgan fingerprint density at radius 2 is 1.80 bits per heavy atom. The summed E-state index contributed by atoms with van der Waals surface area (Å²) in [4.78, 5) is 9.75. The van der Waals surface area contributed by atoms with Crippen LogP contribution >= 0.6 is 35.7 Å². The maximum absolute atomic E-state index is 5.25. The third-order valence-corrected chi connectivity index (χ3v) is 5.82. The van der Waals surface area contributed by atoms with Gasteiger partial charge in [0.05, 0.1) is 7.11 Å². The van der Waals surface area contributed by atoms with Crippen molar-refractivity contribution in [2.45, 2.75) is 26.2 Å². The number of aliphatic imine (C=N–C) groups is 1. The van der Waals surface area contributed by atoms with Crippen molar-refractivity contribution in [2.75, 3.05) is 76.4 Å². The Morgan fingerprint density at radius 1 is 1.07 bits per heavy atom. The van der Waals surface area contributed by atoms with E-state index in [1.807, 2.05) is 23.9 Å². The van der Waals surface area contributed by atoms with Gasteiger partial charge in [-0.2, -0.15) is 11.8 Å². The van der Waals surface area contributed by atoms with Gasteiger partial charge in [-0.1, -0.05) is 0 Å². The van der Waals surface area contributed by atoms with Gasteiger partial charge in [-0.25, -0.2) is 0 Å². The molecule has 6 nitrogen and oxygen atoms in total. The highest BCUT2D eigenvalue weighted by Gasteiger charge is 2.16. The zero-order valence-electron chi connectivity index (χ0n) is 18.9. The van der Waals surface area contributed by atoms with Crippen LogP contribution in [0.15, 0.2) is 29.3 Å². The fraction of sp³-hybridized carbons (Fsp3) is 0.682. The van der Waals surface area contributed by atoms with E-state index in [9.17, 15) is 0 Å². The van der Waals surface area contributed by atoms with Crippen molar-refractivity contribution in [1.82, 2.24) is 15.5 Å². The highest BCUT2D eigenvalue weighted by molar-refractivity contribution is 14.0. The minimum Gasteiger partial charge on any atom is -0.497 e. The van der Waals surface area contributed by atoms with E-state index in [1.165, 1.54) is 24.3 Å². The molecule has 1 saturated heterocycles. The summed E-state index contributed by atoms with van der Waals surface area (Å²) in [6.45, 7) is 10.4. The first kappa shape index (κ1) is 27.2. The maximum atomic E-state index is 5.25. The predicted molar refractivity (Wildman–Crippen MR) is 143 cm³/mol. The standard InChI is InChI=1S/C22H39N5OS.HI/c1-4-23-22(24-12-5-6-19-29-3)25-13-7-14-26-15-17-27(18-16-26)20-8-10-21(28-2)11-9-20;/h8-11H,4-7,12-19H2,1-3H3,(H2,23,24,25);1H. The molecule has 0 saturated carbocycles. The average molecular weight is 550 g/mol. The van der Waals surface area contributed by atoms with Crippen LogP contribution in [0, 0.1) is 0 Å². The molecule has 2 N–H and O–H groups in total. The molecule has 0 bridgehead atoms. The van der Waals surface area contributed by atoms with Crippen LogP contribution < -0.4 is 20.3 Å². The first-order valence-corrected chi connectivity index (χ1v) is 12.3. The summed E-state index contributed by atoms with van der Waals surface area (Å²) in [7, 11) is 1.71. The molecule has 8 heteroatoms. The Balaban J connectivity index is 0.00000450. The van der Waals surface area contributed by atoms with E-state index in [0.717, 1.165) is 70.5 Å². The number of halogens is 1. The normalized spacial score (nSPS) is 14.9. The Kier molecular flexibility index (Phi) is 15.2. The summed E-state index contributed by atoms with van der Waals surface area (Å²) >= 11 is 1.91. The summed E-state index contributed by atoms with van der Waals surface area (Å²) in [6.07, 6.45) is 5.73. The lowest BCUT2D eigenvalue weighted by Gasteiger charge is -2.36. The van der Waals surface area contributed by atoms with Gasteiger partial charge in [0.25, 0.3) is 0 Å². The lowest BCUT2D eigenvalue weighted by atomic mass is 10.2. The van der Waals surface area contributed by atoms with Gasteiger partial charge < -0.3 is 20.3 Å². The van der Waals surface area contributed by atoms with Crippen LogP contribution in [0.1, 0.15) is 26.2 Å². The van der Waals surface area contributed by atoms with Crippen molar-refractivity contribution in [1.29, 1.82) is 0 Å². The summed E-state index contributed by atoms with van der Waals surface area (Å²) in [6, 6.07) is 8.38. The van der Waals surface area contributed by atoms with Gasteiger partial charge in [-0.15, -0.1) is 24.0 Å². The first-order valence-electron chi connectivity index (χ1n) is 10.9. The van der Waals surface area contributed by atoms with Crippen LogP contribution in [0.25, 0.3) is 0 Å². The van der Waals surface area contributed by atoms with Crippen LogP contribution in [0.2, 0.25) is 0 Å². The van der Waals surface area contributed by atoms with Crippen molar-refractivity contribution in [3.63, 3.8) is 0 Å². The third-order valence-electron chi connectivity index (χ3n) is 5.12. The van der Waals surface area contributed by atoms with Crippen molar-refractivity contribution in [3.8, 4) is 5.75 Å². The zero-order valence-corrected chi connectivity index (χ0v) is 22.0. The summed E-state index contributed by atoms with van der Waals surface area (Å²) < 4.78 is 5.25. The number of anilines is 1. The molecule has 1 aromatic carbocycles. The molecule has 0 atom stereocenters. The van der Waals surface area contributed by atoms with Gasteiger partial charge in [0.15, 0.2) is 5.96 Å². The van der Waals surface area contributed by atoms with Crippen molar-refractivity contribution >= 4 is 47.4 Å². The Bertz CT molecular complexity index is 579. The number of nitrogens with zero attached hydrogens (tertiary/aromatic N) is 3. The highest BCUT2D eigenvalue weighted by atomic mass is 127. The molecule has 0 amide bonds. The number of benzene rings is 1. The molecular weight excluding hydrogens is 509 g/mol. The second-order valence-electron chi connectivity index (χ2n) is 7.27. The number of thioether (sulfide) groups is 1. The molecule has 0 aliphatic carbocycles. The molecule has 0 radical (unpaired) electrons. The number of guanidine groups is 1. The second kappa shape index (κ2) is 16.8. The molecule has 1 heterocycles. The van der Waals surface area contributed by atoms with Gasteiger partial charge in [-0.3, -0.25) is 9.89 Å². The minimum absolute atomic E-state index is 0. The number of piperazine rings is 1. The molecule has 2 rings (SSSR count). The third kappa shape index (κ3) is 10.4. The summed E-state index contributed by atoms with van der Waals surface area (Å²) in [5.41, 5.74) is 1.29. The topological polar surface area (TPSA) is 52.1 Å². The molecule has 1 aliphatic rings. The molecular formula is C22H40IN5OS. The van der Waals surface area contributed by atoms with Crippen LogP contribution in [0.3, 0.4) is 0 Å². The SMILES string of the molecule is CCNC(=NCCCN1CCN(c2ccc(OC)cc2)CC1)NCCCCSC.I. The number of nitrogens with one attached hydrogen (secondary N) is 2. The molecule has 1 aromatic rings. The fourth-order valence-electron chi connectivity index (χ4n) is 3.43. The van der Waals surface area contributed by atoms with Gasteiger partial charge in [0.2, 0.25) is 0 Å². The molecule has 172 valence electrons. The summed E-state index contributed by atoms with van der Waals surface area (Å²) in [5.74, 6) is 3.11. The smallest absolute Gasteiger partial charge is 0.191 e. The lowest BCUT2D eigenvalue weighted by molar-refractivity contribution is 0.256. The zero-order chi connectivity index (χ0) is 20.7. The van der Waals surface area contributed by atoms with Crippen LogP contribution in [-0.4, -0.2) is 82.3 Å². The van der Waals surface area contributed by atoms with Gasteiger partial charge in [0, 0.05) is 58.0 Å². The number of rotatable bonds is 12. The van der Waals surface area contributed by atoms with E-state index in [-0.39, 0.29) is 24.0 Å². The molecule has 0 aromatic heterocycles. The number of ether oxygens (including phenoxy) is 1. The molecule has 0 spiro atoms. The summed E-state index contributed by atoms with van der Waals surface area (Å²) in [5, 5.41) is 6.80. The van der Waals surface area contributed by atoms with Gasteiger partial charge in [-0.05, 0) is 62.5 Å². The second-order valence-corrected chi connectivity index (χ2v) is 8.25. The minimum atomic E-state index is 0. The van der Waals surface area contributed by atoms with E-state index < -0.39 is 0 Å². The lowest BCUT2D eigenvalue weighted by Crippen LogP contribution is -2.46. The van der Waals surface area contributed by atoms with Crippen LogP contribution in [-0.2, 0) is 0 Å². The molecule has 0 unspecified atom stereocenters. The van der Waals surface area contributed by atoms with Crippen molar-refractivity contribution in [2.24, 2.45) is 4.99 Å². The van der Waals surface area contributed by atoms with Crippen molar-refractivity contribution < 1.29 is 4.74 Å². The number of hydrogen-bond donors (Lipinski definition) is 2. The average Bonchev–Trinajstić information content (AvgIpc) is 2.77. The Hall–Kier alpha value is -0.870. The maximum Gasteiger partial charge on any atom is 0.191 e. The monoisotopic (exact) mass is 549 g/mol. The van der Waals surface area contributed by atoms with Gasteiger partial charge in [0.1, 0.15) is 5.75 Å². The Labute approximate surface area is 204 Å². The van der Waals surface area contributed by atoms with Gasteiger partial charge >= 0.3 is 0 Å². The molecule has 30 heavy (non-hydrogen) atoms. The number of methoxy groups -OCH3 is 1.